The molecule has 0 radical (unpaired) electrons. The van der Waals surface area contributed by atoms with Crippen LogP contribution in [0.5, 0.6) is 5.75 Å². The molecule has 0 saturated carbocycles. The van der Waals surface area contributed by atoms with Gasteiger partial charge in [-0.15, -0.1) is 0 Å². The van der Waals surface area contributed by atoms with Crippen molar-refractivity contribution in [1.82, 2.24) is 15.1 Å². The summed E-state index contributed by atoms with van der Waals surface area (Å²) in [6.07, 6.45) is 1.35. The monoisotopic (exact) mass is 308 g/mol. The van der Waals surface area contributed by atoms with Gasteiger partial charge in [0.25, 0.3) is 0 Å². The van der Waals surface area contributed by atoms with Gasteiger partial charge in [-0.25, -0.2) is 4.39 Å². The molecule has 0 aliphatic rings. The smallest absolute Gasteiger partial charge is 0.389 e. The number of hydrogen-bond acceptors (Lipinski definition) is 5. The Morgan fingerprint density at radius 2 is 2.27 bits per heavy atom. The number of amides is 1. The van der Waals surface area contributed by atoms with Gasteiger partial charge in [0.15, 0.2) is 0 Å². The van der Waals surface area contributed by atoms with Crippen LogP contribution in [0, 0.1) is 15.9 Å². The molecule has 0 unspecified atom stereocenters. The number of carbonyl (C=O) groups excluding carboxylic acids is 1. The molecule has 1 aromatic heterocycles. The highest BCUT2D eigenvalue weighted by molar-refractivity contribution is 5.75. The second kappa shape index (κ2) is 7.16. The van der Waals surface area contributed by atoms with Gasteiger partial charge in [-0.2, -0.15) is 4.68 Å². The first-order valence-electron chi connectivity index (χ1n) is 6.37. The van der Waals surface area contributed by atoms with E-state index in [1.165, 1.54) is 35.1 Å². The predicted octanol–water partition coefficient (Wildman–Crippen LogP) is 1.13. The standard InChI is InChI=1S/C13H13FN4O4/c14-10-2-1-3-11(8-10)22-7-5-15-13(19)9-17-6-4-12(16-17)18(20)21/h1-4,6,8H,5,7,9H2,(H,15,19). The fourth-order valence-corrected chi connectivity index (χ4v) is 1.66. The minimum Gasteiger partial charge on any atom is -0.492 e. The molecule has 9 heteroatoms. The first-order valence-corrected chi connectivity index (χ1v) is 6.37. The maximum absolute atomic E-state index is 12.9. The number of nitrogens with one attached hydrogen (secondary N) is 1. The quantitative estimate of drug-likeness (QED) is 0.469. The molecule has 8 nitrogen and oxygen atoms in total. The van der Waals surface area contributed by atoms with Crippen molar-refractivity contribution < 1.29 is 18.8 Å². The number of ether oxygens (including phenoxy) is 1. The average molecular weight is 308 g/mol. The number of aromatic nitrogens is 2. The van der Waals surface area contributed by atoms with Gasteiger partial charge in [0.05, 0.1) is 23.9 Å². The van der Waals surface area contributed by atoms with E-state index in [1.807, 2.05) is 0 Å². The summed E-state index contributed by atoms with van der Waals surface area (Å²) in [5.41, 5.74) is 0. The van der Waals surface area contributed by atoms with Gasteiger partial charge in [0.2, 0.25) is 5.91 Å². The van der Waals surface area contributed by atoms with Crippen molar-refractivity contribution in [3.05, 3.63) is 52.5 Å². The van der Waals surface area contributed by atoms with Crippen molar-refractivity contribution in [1.29, 1.82) is 0 Å². The molecule has 1 heterocycles. The summed E-state index contributed by atoms with van der Waals surface area (Å²) in [6, 6.07) is 6.88. The molecule has 1 amide bonds. The van der Waals surface area contributed by atoms with Crippen molar-refractivity contribution in [3.63, 3.8) is 0 Å². The lowest BCUT2D eigenvalue weighted by Crippen LogP contribution is -2.31. The lowest BCUT2D eigenvalue weighted by Gasteiger charge is -2.07. The van der Waals surface area contributed by atoms with E-state index in [1.54, 1.807) is 6.07 Å². The zero-order valence-electron chi connectivity index (χ0n) is 11.4. The lowest BCUT2D eigenvalue weighted by molar-refractivity contribution is -0.389. The summed E-state index contributed by atoms with van der Waals surface area (Å²) in [5, 5.41) is 16.6. The zero-order chi connectivity index (χ0) is 15.9. The summed E-state index contributed by atoms with van der Waals surface area (Å²) in [4.78, 5) is 21.4. The second-order valence-electron chi connectivity index (χ2n) is 4.28. The minimum absolute atomic E-state index is 0.131. The molecule has 0 bridgehead atoms. The molecule has 0 fully saturated rings. The summed E-state index contributed by atoms with van der Waals surface area (Å²) in [7, 11) is 0. The van der Waals surface area contributed by atoms with Gasteiger partial charge >= 0.3 is 5.82 Å². The lowest BCUT2D eigenvalue weighted by atomic mass is 10.3. The van der Waals surface area contributed by atoms with Crippen molar-refractivity contribution in [2.24, 2.45) is 0 Å². The summed E-state index contributed by atoms with van der Waals surface area (Å²) in [5.74, 6) is -0.707. The Balaban J connectivity index is 1.70. The van der Waals surface area contributed by atoms with Crippen LogP contribution in [0.1, 0.15) is 0 Å². The van der Waals surface area contributed by atoms with E-state index in [-0.39, 0.29) is 31.4 Å². The Morgan fingerprint density at radius 3 is 2.95 bits per heavy atom. The maximum Gasteiger partial charge on any atom is 0.389 e. The van der Waals surface area contributed by atoms with Gasteiger partial charge < -0.3 is 20.2 Å². The summed E-state index contributed by atoms with van der Waals surface area (Å²) >= 11 is 0. The highest BCUT2D eigenvalue weighted by Crippen LogP contribution is 2.11. The van der Waals surface area contributed by atoms with Crippen LogP contribution in [-0.2, 0) is 11.3 Å². The number of benzene rings is 1. The number of halogens is 1. The highest BCUT2D eigenvalue weighted by Gasteiger charge is 2.12. The summed E-state index contributed by atoms with van der Waals surface area (Å²) in [6.45, 7) is 0.265. The van der Waals surface area contributed by atoms with Crippen LogP contribution in [0.25, 0.3) is 0 Å². The minimum atomic E-state index is -0.638. The Hall–Kier alpha value is -2.97. The van der Waals surface area contributed by atoms with E-state index in [4.69, 9.17) is 4.74 Å². The first-order chi connectivity index (χ1) is 10.5. The van der Waals surface area contributed by atoms with E-state index in [0.717, 1.165) is 0 Å². The van der Waals surface area contributed by atoms with Crippen LogP contribution >= 0.6 is 0 Å². The Bertz CT molecular complexity index is 674. The van der Waals surface area contributed by atoms with Crippen LogP contribution in [0.15, 0.2) is 36.5 Å². The molecular weight excluding hydrogens is 295 g/mol. The Morgan fingerprint density at radius 1 is 1.45 bits per heavy atom. The number of nitro groups is 1. The van der Waals surface area contributed by atoms with E-state index < -0.39 is 10.7 Å². The Labute approximate surface area is 124 Å². The van der Waals surface area contributed by atoms with Crippen molar-refractivity contribution in [2.45, 2.75) is 6.54 Å². The topological polar surface area (TPSA) is 99.3 Å². The number of carbonyl (C=O) groups is 1. The normalized spacial score (nSPS) is 10.2. The van der Waals surface area contributed by atoms with E-state index in [9.17, 15) is 19.3 Å². The van der Waals surface area contributed by atoms with E-state index >= 15 is 0 Å². The molecule has 0 saturated heterocycles. The van der Waals surface area contributed by atoms with Crippen LogP contribution in [0.4, 0.5) is 10.2 Å². The van der Waals surface area contributed by atoms with Crippen molar-refractivity contribution >= 4 is 11.7 Å². The first kappa shape index (κ1) is 15.4. The SMILES string of the molecule is O=C(Cn1ccc([N+](=O)[O-])n1)NCCOc1cccc(F)c1. The van der Waals surface area contributed by atoms with Gasteiger partial charge in [-0.3, -0.25) is 4.79 Å². The van der Waals surface area contributed by atoms with Crippen LogP contribution in [0.2, 0.25) is 0 Å². The van der Waals surface area contributed by atoms with Crippen molar-refractivity contribution in [2.75, 3.05) is 13.2 Å². The van der Waals surface area contributed by atoms with E-state index in [2.05, 4.69) is 10.4 Å². The third-order valence-electron chi connectivity index (χ3n) is 2.61. The molecule has 0 spiro atoms. The van der Waals surface area contributed by atoms with Gasteiger partial charge in [0.1, 0.15) is 24.7 Å². The Kier molecular flexibility index (Phi) is 5.02. The van der Waals surface area contributed by atoms with Crippen LogP contribution < -0.4 is 10.1 Å². The maximum atomic E-state index is 12.9. The van der Waals surface area contributed by atoms with Crippen molar-refractivity contribution in [3.8, 4) is 5.75 Å². The molecule has 0 aliphatic carbocycles. The molecule has 2 rings (SSSR count). The van der Waals surface area contributed by atoms with Gasteiger partial charge in [-0.1, -0.05) is 6.07 Å². The highest BCUT2D eigenvalue weighted by atomic mass is 19.1. The van der Waals surface area contributed by atoms with Gasteiger partial charge in [-0.05, 0) is 17.1 Å². The molecule has 2 aromatic rings. The molecule has 0 aliphatic heterocycles. The predicted molar refractivity (Wildman–Crippen MR) is 73.8 cm³/mol. The molecular formula is C13H13FN4O4. The largest absolute Gasteiger partial charge is 0.492 e. The third kappa shape index (κ3) is 4.54. The van der Waals surface area contributed by atoms with Gasteiger partial charge in [0, 0.05) is 6.07 Å². The van der Waals surface area contributed by atoms with E-state index in [0.29, 0.717) is 5.75 Å². The van der Waals surface area contributed by atoms with Crippen LogP contribution in [-0.4, -0.2) is 33.8 Å². The third-order valence-corrected chi connectivity index (χ3v) is 2.61. The number of nitrogens with zero attached hydrogens (tertiary/aromatic N) is 3. The fourth-order valence-electron chi connectivity index (χ4n) is 1.66. The second-order valence-corrected chi connectivity index (χ2v) is 4.28. The molecule has 1 N–H and O–H groups in total. The fraction of sp³-hybridized carbons (Fsp3) is 0.231. The summed E-state index contributed by atoms with van der Waals surface area (Å²) < 4.78 is 19.3. The molecule has 22 heavy (non-hydrogen) atoms. The molecule has 116 valence electrons. The molecule has 0 atom stereocenters. The number of hydrogen-bond donors (Lipinski definition) is 1. The van der Waals surface area contributed by atoms with Crippen LogP contribution in [0.3, 0.4) is 0 Å². The molecule has 1 aromatic carbocycles. The average Bonchev–Trinajstić information content (AvgIpc) is 2.92. The zero-order valence-corrected chi connectivity index (χ0v) is 11.4. The number of rotatable bonds is 7.